The van der Waals surface area contributed by atoms with Crippen LogP contribution in [0.4, 0.5) is 0 Å². The molecule has 0 aliphatic rings. The second-order valence-electron chi connectivity index (χ2n) is 3.09. The van der Waals surface area contributed by atoms with E-state index >= 15 is 0 Å². The summed E-state index contributed by atoms with van der Waals surface area (Å²) in [6.45, 7) is 1.84. The van der Waals surface area contributed by atoms with Crippen LogP contribution in [0.5, 0.6) is 0 Å². The fraction of sp³-hybridized carbons (Fsp3) is 0.200. The van der Waals surface area contributed by atoms with Gasteiger partial charge in [-0.05, 0) is 19.1 Å². The zero-order valence-electron chi connectivity index (χ0n) is 8.17. The molecule has 0 saturated heterocycles. The van der Waals surface area contributed by atoms with Crippen molar-refractivity contribution in [2.45, 2.75) is 13.3 Å². The molecule has 0 spiro atoms. The van der Waals surface area contributed by atoms with Crippen LogP contribution in [-0.4, -0.2) is 21.0 Å². The summed E-state index contributed by atoms with van der Waals surface area (Å²) in [6, 6.07) is 3.47. The highest BCUT2D eigenvalue weighted by Crippen LogP contribution is 2.08. The summed E-state index contributed by atoms with van der Waals surface area (Å²) >= 11 is 1.47. The molecule has 0 bridgehead atoms. The Bertz CT molecular complexity index is 450. The van der Waals surface area contributed by atoms with Crippen molar-refractivity contribution >= 4 is 17.1 Å². The van der Waals surface area contributed by atoms with E-state index in [2.05, 4.69) is 15.2 Å². The van der Waals surface area contributed by atoms with Crippen LogP contribution in [0.15, 0.2) is 23.7 Å². The quantitative estimate of drug-likeness (QED) is 0.737. The SMILES string of the molecule is Cc1ccc(C(=O)Cc2nccs2)nn1. The van der Waals surface area contributed by atoms with Gasteiger partial charge in [-0.15, -0.1) is 16.4 Å². The fourth-order valence-electron chi connectivity index (χ4n) is 1.12. The Hall–Kier alpha value is -1.62. The van der Waals surface area contributed by atoms with Crippen molar-refractivity contribution in [2.24, 2.45) is 0 Å². The molecule has 15 heavy (non-hydrogen) atoms. The third-order valence-electron chi connectivity index (χ3n) is 1.88. The minimum Gasteiger partial charge on any atom is -0.292 e. The summed E-state index contributed by atoms with van der Waals surface area (Å²) in [5, 5.41) is 10.3. The molecule has 0 atom stereocenters. The number of thiazole rings is 1. The number of hydrogen-bond acceptors (Lipinski definition) is 5. The monoisotopic (exact) mass is 219 g/mol. The summed E-state index contributed by atoms with van der Waals surface area (Å²) in [6.07, 6.45) is 1.99. The van der Waals surface area contributed by atoms with E-state index in [4.69, 9.17) is 0 Å². The third kappa shape index (κ3) is 2.44. The Labute approximate surface area is 91.0 Å². The third-order valence-corrected chi connectivity index (χ3v) is 2.66. The molecule has 0 unspecified atom stereocenters. The molecule has 76 valence electrons. The molecule has 0 aliphatic heterocycles. The molecule has 0 saturated carbocycles. The van der Waals surface area contributed by atoms with Crippen LogP contribution in [0.1, 0.15) is 21.2 Å². The summed E-state index contributed by atoms with van der Waals surface area (Å²) < 4.78 is 0. The zero-order valence-corrected chi connectivity index (χ0v) is 8.99. The number of Topliss-reactive ketones (excluding diaryl/α,β-unsaturated/α-hetero) is 1. The van der Waals surface area contributed by atoms with Crippen molar-refractivity contribution < 1.29 is 4.79 Å². The topological polar surface area (TPSA) is 55.7 Å². The molecule has 0 radical (unpaired) electrons. The normalized spacial score (nSPS) is 10.2. The first-order chi connectivity index (χ1) is 7.25. The Kier molecular flexibility index (Phi) is 2.82. The van der Waals surface area contributed by atoms with E-state index < -0.39 is 0 Å². The molecule has 5 heteroatoms. The van der Waals surface area contributed by atoms with Crippen LogP contribution in [0.3, 0.4) is 0 Å². The molecule has 2 heterocycles. The minimum absolute atomic E-state index is 0.0440. The number of ketones is 1. The lowest BCUT2D eigenvalue weighted by molar-refractivity contribution is 0.0987. The fourth-order valence-corrected chi connectivity index (χ4v) is 1.73. The van der Waals surface area contributed by atoms with Crippen LogP contribution in [0, 0.1) is 6.92 Å². The van der Waals surface area contributed by atoms with Gasteiger partial charge in [0, 0.05) is 11.6 Å². The van der Waals surface area contributed by atoms with Gasteiger partial charge in [0.2, 0.25) is 0 Å². The number of aryl methyl sites for hydroxylation is 1. The standard InChI is InChI=1S/C10H9N3OS/c1-7-2-3-8(13-12-7)9(14)6-10-11-4-5-15-10/h2-5H,6H2,1H3. The van der Waals surface area contributed by atoms with E-state index in [-0.39, 0.29) is 5.78 Å². The number of aromatic nitrogens is 3. The predicted molar refractivity (Wildman–Crippen MR) is 56.9 cm³/mol. The maximum absolute atomic E-state index is 11.7. The van der Waals surface area contributed by atoms with Gasteiger partial charge in [0.25, 0.3) is 0 Å². The second kappa shape index (κ2) is 4.27. The summed E-state index contributed by atoms with van der Waals surface area (Å²) in [7, 11) is 0. The highest BCUT2D eigenvalue weighted by atomic mass is 32.1. The number of hydrogen-bond donors (Lipinski definition) is 0. The van der Waals surface area contributed by atoms with Gasteiger partial charge < -0.3 is 0 Å². The first-order valence-electron chi connectivity index (χ1n) is 4.47. The van der Waals surface area contributed by atoms with E-state index in [0.29, 0.717) is 12.1 Å². The molecule has 0 aliphatic carbocycles. The van der Waals surface area contributed by atoms with Gasteiger partial charge in [-0.1, -0.05) is 0 Å². The lowest BCUT2D eigenvalue weighted by atomic mass is 10.2. The van der Waals surface area contributed by atoms with Gasteiger partial charge in [-0.25, -0.2) is 4.98 Å². The Morgan fingerprint density at radius 3 is 2.87 bits per heavy atom. The average Bonchev–Trinajstić information content (AvgIpc) is 2.71. The van der Waals surface area contributed by atoms with Crippen molar-refractivity contribution in [1.82, 2.24) is 15.2 Å². The van der Waals surface area contributed by atoms with Gasteiger partial charge in [0.15, 0.2) is 5.78 Å². The Morgan fingerprint density at radius 2 is 2.27 bits per heavy atom. The van der Waals surface area contributed by atoms with Crippen LogP contribution in [0.2, 0.25) is 0 Å². The molecule has 0 amide bonds. The first-order valence-corrected chi connectivity index (χ1v) is 5.35. The molecule has 4 nitrogen and oxygen atoms in total. The highest BCUT2D eigenvalue weighted by Gasteiger charge is 2.10. The number of carbonyl (C=O) groups is 1. The maximum Gasteiger partial charge on any atom is 0.189 e. The molecule has 2 aromatic rings. The average molecular weight is 219 g/mol. The van der Waals surface area contributed by atoms with Gasteiger partial charge in [0.05, 0.1) is 12.1 Å². The van der Waals surface area contributed by atoms with E-state index in [1.165, 1.54) is 11.3 Å². The van der Waals surface area contributed by atoms with Gasteiger partial charge in [-0.3, -0.25) is 4.79 Å². The van der Waals surface area contributed by atoms with Gasteiger partial charge >= 0.3 is 0 Å². The van der Waals surface area contributed by atoms with Crippen molar-refractivity contribution in [3.8, 4) is 0 Å². The lowest BCUT2D eigenvalue weighted by Crippen LogP contribution is -2.07. The Balaban J connectivity index is 2.11. The van der Waals surface area contributed by atoms with E-state index in [1.54, 1.807) is 18.3 Å². The predicted octanol–water partition coefficient (Wildman–Crippen LogP) is 1.67. The molecule has 0 N–H and O–H groups in total. The molecular weight excluding hydrogens is 210 g/mol. The van der Waals surface area contributed by atoms with E-state index in [0.717, 1.165) is 10.7 Å². The van der Waals surface area contributed by atoms with Crippen molar-refractivity contribution in [3.63, 3.8) is 0 Å². The smallest absolute Gasteiger partial charge is 0.189 e. The van der Waals surface area contributed by atoms with Crippen molar-refractivity contribution in [2.75, 3.05) is 0 Å². The van der Waals surface area contributed by atoms with E-state index in [1.807, 2.05) is 12.3 Å². The summed E-state index contributed by atoms with van der Waals surface area (Å²) in [4.78, 5) is 15.7. The molecular formula is C10H9N3OS. The van der Waals surface area contributed by atoms with E-state index in [9.17, 15) is 4.79 Å². The summed E-state index contributed by atoms with van der Waals surface area (Å²) in [5.41, 5.74) is 1.21. The van der Waals surface area contributed by atoms with Crippen LogP contribution < -0.4 is 0 Å². The van der Waals surface area contributed by atoms with Crippen molar-refractivity contribution in [3.05, 3.63) is 40.1 Å². The zero-order chi connectivity index (χ0) is 10.7. The van der Waals surface area contributed by atoms with Crippen molar-refractivity contribution in [1.29, 1.82) is 0 Å². The summed E-state index contributed by atoms with van der Waals surface area (Å²) in [5.74, 6) is -0.0440. The maximum atomic E-state index is 11.7. The molecule has 0 fully saturated rings. The van der Waals surface area contributed by atoms with Gasteiger partial charge in [-0.2, -0.15) is 5.10 Å². The second-order valence-corrected chi connectivity index (χ2v) is 4.06. The molecule has 2 rings (SSSR count). The largest absolute Gasteiger partial charge is 0.292 e. The van der Waals surface area contributed by atoms with Crippen LogP contribution >= 0.6 is 11.3 Å². The highest BCUT2D eigenvalue weighted by molar-refractivity contribution is 7.09. The number of carbonyl (C=O) groups excluding carboxylic acids is 1. The molecule has 2 aromatic heterocycles. The van der Waals surface area contributed by atoms with Crippen LogP contribution in [0.25, 0.3) is 0 Å². The van der Waals surface area contributed by atoms with Gasteiger partial charge in [0.1, 0.15) is 10.7 Å². The number of nitrogens with zero attached hydrogens (tertiary/aromatic N) is 3. The minimum atomic E-state index is -0.0440. The Morgan fingerprint density at radius 1 is 1.40 bits per heavy atom. The number of rotatable bonds is 3. The van der Waals surface area contributed by atoms with Crippen LogP contribution in [-0.2, 0) is 6.42 Å². The first kappa shape index (κ1) is 9.92. The lowest BCUT2D eigenvalue weighted by Gasteiger charge is -1.96. The molecule has 0 aromatic carbocycles.